The predicted molar refractivity (Wildman–Crippen MR) is 81.2 cm³/mol. The Balaban J connectivity index is 1.59. The molecule has 0 unspecified atom stereocenters. The first kappa shape index (κ1) is 12.7. The van der Waals surface area contributed by atoms with Crippen LogP contribution in [0.4, 0.5) is 0 Å². The lowest BCUT2D eigenvalue weighted by molar-refractivity contribution is 0.285. The summed E-state index contributed by atoms with van der Waals surface area (Å²) in [5, 5.41) is 5.11. The van der Waals surface area contributed by atoms with Crippen LogP contribution >= 0.6 is 0 Å². The second kappa shape index (κ2) is 5.79. The number of aromatic amines is 1. The van der Waals surface area contributed by atoms with Crippen LogP contribution in [0.1, 0.15) is 44.6 Å². The number of hydrogen-bond donors (Lipinski definition) is 2. The third-order valence-electron chi connectivity index (χ3n) is 4.69. The molecule has 2 N–H and O–H groups in total. The molecule has 0 atom stereocenters. The standard InChI is InChI=1S/C17H24N2/c1-2-13-6-8-15(9-7-13)19-12-14-4-3-5-17-16(14)10-11-18-17/h3-5,10-11,13,15,18-19H,2,6-9,12H2,1H3. The lowest BCUT2D eigenvalue weighted by Crippen LogP contribution is -2.32. The highest BCUT2D eigenvalue weighted by molar-refractivity contribution is 5.82. The fourth-order valence-electron chi connectivity index (χ4n) is 3.33. The van der Waals surface area contributed by atoms with E-state index in [0.717, 1.165) is 18.5 Å². The second-order valence-electron chi connectivity index (χ2n) is 5.86. The molecular weight excluding hydrogens is 232 g/mol. The summed E-state index contributed by atoms with van der Waals surface area (Å²) in [6.45, 7) is 3.32. The van der Waals surface area contributed by atoms with Crippen LogP contribution in [0.15, 0.2) is 30.5 Å². The Bertz CT molecular complexity index is 521. The summed E-state index contributed by atoms with van der Waals surface area (Å²) in [6.07, 6.45) is 8.89. The van der Waals surface area contributed by atoms with Crippen molar-refractivity contribution in [2.24, 2.45) is 5.92 Å². The van der Waals surface area contributed by atoms with Gasteiger partial charge in [-0.15, -0.1) is 0 Å². The van der Waals surface area contributed by atoms with E-state index in [1.165, 1.54) is 48.6 Å². The predicted octanol–water partition coefficient (Wildman–Crippen LogP) is 4.23. The maximum Gasteiger partial charge on any atom is 0.0457 e. The zero-order chi connectivity index (χ0) is 13.1. The topological polar surface area (TPSA) is 27.8 Å². The minimum Gasteiger partial charge on any atom is -0.361 e. The Labute approximate surface area is 115 Å². The van der Waals surface area contributed by atoms with Gasteiger partial charge in [-0.05, 0) is 49.3 Å². The highest BCUT2D eigenvalue weighted by Crippen LogP contribution is 2.27. The molecule has 0 saturated heterocycles. The van der Waals surface area contributed by atoms with E-state index >= 15 is 0 Å². The molecule has 1 heterocycles. The van der Waals surface area contributed by atoms with Gasteiger partial charge in [0.15, 0.2) is 0 Å². The highest BCUT2D eigenvalue weighted by Gasteiger charge is 2.19. The van der Waals surface area contributed by atoms with Crippen LogP contribution in [-0.4, -0.2) is 11.0 Å². The van der Waals surface area contributed by atoms with E-state index < -0.39 is 0 Å². The molecule has 0 bridgehead atoms. The summed E-state index contributed by atoms with van der Waals surface area (Å²) >= 11 is 0. The van der Waals surface area contributed by atoms with Crippen molar-refractivity contribution in [3.63, 3.8) is 0 Å². The molecule has 0 aliphatic heterocycles. The van der Waals surface area contributed by atoms with E-state index in [9.17, 15) is 0 Å². The van der Waals surface area contributed by atoms with E-state index in [1.807, 2.05) is 6.20 Å². The monoisotopic (exact) mass is 256 g/mol. The van der Waals surface area contributed by atoms with Gasteiger partial charge in [0.05, 0.1) is 0 Å². The molecule has 2 heteroatoms. The third-order valence-corrected chi connectivity index (χ3v) is 4.69. The van der Waals surface area contributed by atoms with Gasteiger partial charge in [0.2, 0.25) is 0 Å². The van der Waals surface area contributed by atoms with Gasteiger partial charge >= 0.3 is 0 Å². The lowest BCUT2D eigenvalue weighted by Gasteiger charge is -2.28. The van der Waals surface area contributed by atoms with Crippen molar-refractivity contribution in [3.05, 3.63) is 36.0 Å². The van der Waals surface area contributed by atoms with E-state index in [4.69, 9.17) is 0 Å². The van der Waals surface area contributed by atoms with Crippen LogP contribution in [-0.2, 0) is 6.54 Å². The van der Waals surface area contributed by atoms with Crippen LogP contribution in [0.5, 0.6) is 0 Å². The van der Waals surface area contributed by atoms with Crippen molar-refractivity contribution in [2.75, 3.05) is 0 Å². The van der Waals surface area contributed by atoms with Gasteiger partial charge in [-0.1, -0.05) is 25.5 Å². The smallest absolute Gasteiger partial charge is 0.0457 e. The minimum atomic E-state index is 0.719. The first-order valence-electron chi connectivity index (χ1n) is 7.65. The second-order valence-corrected chi connectivity index (χ2v) is 5.86. The van der Waals surface area contributed by atoms with Gasteiger partial charge in [0, 0.05) is 29.7 Å². The zero-order valence-corrected chi connectivity index (χ0v) is 11.8. The Hall–Kier alpha value is -1.28. The number of benzene rings is 1. The quantitative estimate of drug-likeness (QED) is 0.842. The molecule has 2 aromatic rings. The van der Waals surface area contributed by atoms with Crippen LogP contribution < -0.4 is 5.32 Å². The molecule has 2 nitrogen and oxygen atoms in total. The molecule has 0 radical (unpaired) electrons. The first-order chi connectivity index (χ1) is 9.36. The summed E-state index contributed by atoms with van der Waals surface area (Å²) in [6, 6.07) is 9.42. The molecule has 3 rings (SSSR count). The molecule has 1 fully saturated rings. The van der Waals surface area contributed by atoms with Gasteiger partial charge < -0.3 is 10.3 Å². The van der Waals surface area contributed by atoms with E-state index in [2.05, 4.69) is 41.5 Å². The molecule has 1 aliphatic rings. The van der Waals surface area contributed by atoms with Crippen molar-refractivity contribution < 1.29 is 0 Å². The SMILES string of the molecule is CCC1CCC(NCc2cccc3[nH]ccc23)CC1. The Morgan fingerprint density at radius 1 is 1.16 bits per heavy atom. The molecule has 0 spiro atoms. The summed E-state index contributed by atoms with van der Waals surface area (Å²) in [5.74, 6) is 0.978. The third kappa shape index (κ3) is 2.84. The van der Waals surface area contributed by atoms with E-state index in [1.54, 1.807) is 0 Å². The number of hydrogen-bond acceptors (Lipinski definition) is 1. The maximum atomic E-state index is 3.75. The zero-order valence-electron chi connectivity index (χ0n) is 11.8. The van der Waals surface area contributed by atoms with Crippen molar-refractivity contribution in [1.82, 2.24) is 10.3 Å². The average Bonchev–Trinajstić information content (AvgIpc) is 2.94. The van der Waals surface area contributed by atoms with Gasteiger partial charge in [0.1, 0.15) is 0 Å². The number of nitrogens with one attached hydrogen (secondary N) is 2. The summed E-state index contributed by atoms with van der Waals surface area (Å²) in [7, 11) is 0. The first-order valence-corrected chi connectivity index (χ1v) is 7.65. The number of aromatic nitrogens is 1. The van der Waals surface area contributed by atoms with Gasteiger partial charge in [-0.25, -0.2) is 0 Å². The highest BCUT2D eigenvalue weighted by atomic mass is 14.9. The molecule has 102 valence electrons. The normalized spacial score (nSPS) is 23.8. The molecule has 1 aromatic carbocycles. The fraction of sp³-hybridized carbons (Fsp3) is 0.529. The summed E-state index contributed by atoms with van der Waals surface area (Å²) < 4.78 is 0. The van der Waals surface area contributed by atoms with Crippen molar-refractivity contribution in [2.45, 2.75) is 51.6 Å². The van der Waals surface area contributed by atoms with Crippen molar-refractivity contribution >= 4 is 10.9 Å². The molecule has 19 heavy (non-hydrogen) atoms. The maximum absolute atomic E-state index is 3.75. The van der Waals surface area contributed by atoms with Gasteiger partial charge in [-0.2, -0.15) is 0 Å². The lowest BCUT2D eigenvalue weighted by atomic mass is 9.84. The van der Waals surface area contributed by atoms with Crippen LogP contribution in [0.3, 0.4) is 0 Å². The van der Waals surface area contributed by atoms with E-state index in [0.29, 0.717) is 0 Å². The Morgan fingerprint density at radius 3 is 2.79 bits per heavy atom. The van der Waals surface area contributed by atoms with Crippen LogP contribution in [0.2, 0.25) is 0 Å². The summed E-state index contributed by atoms with van der Waals surface area (Å²) in [5.41, 5.74) is 2.66. The molecule has 1 aromatic heterocycles. The van der Waals surface area contributed by atoms with Crippen LogP contribution in [0, 0.1) is 5.92 Å². The van der Waals surface area contributed by atoms with Gasteiger partial charge in [-0.3, -0.25) is 0 Å². The molecular formula is C17H24N2. The number of rotatable bonds is 4. The Kier molecular flexibility index (Phi) is 3.88. The molecule has 1 saturated carbocycles. The average molecular weight is 256 g/mol. The minimum absolute atomic E-state index is 0.719. The summed E-state index contributed by atoms with van der Waals surface area (Å²) in [4.78, 5) is 3.28. The Morgan fingerprint density at radius 2 is 2.00 bits per heavy atom. The van der Waals surface area contributed by atoms with E-state index in [-0.39, 0.29) is 0 Å². The number of H-pyrrole nitrogens is 1. The number of fused-ring (bicyclic) bond motifs is 1. The molecule has 1 aliphatic carbocycles. The van der Waals surface area contributed by atoms with Crippen LogP contribution in [0.25, 0.3) is 10.9 Å². The van der Waals surface area contributed by atoms with Crippen molar-refractivity contribution in [3.8, 4) is 0 Å². The largest absolute Gasteiger partial charge is 0.361 e. The molecule has 0 amide bonds. The fourth-order valence-corrected chi connectivity index (χ4v) is 3.33. The van der Waals surface area contributed by atoms with Crippen molar-refractivity contribution in [1.29, 1.82) is 0 Å². The van der Waals surface area contributed by atoms with Gasteiger partial charge in [0.25, 0.3) is 0 Å².